The van der Waals surface area contributed by atoms with Gasteiger partial charge < -0.3 is 14.2 Å². The molecule has 1 saturated carbocycles. The Morgan fingerprint density at radius 1 is 1.30 bits per heavy atom. The number of rotatable bonds is 8. The Kier molecular flexibility index (Phi) is 7.57. The van der Waals surface area contributed by atoms with E-state index in [1.165, 1.54) is 32.1 Å². The summed E-state index contributed by atoms with van der Waals surface area (Å²) < 4.78 is 17.5. The molecule has 0 bridgehead atoms. The Morgan fingerprint density at radius 2 is 2.09 bits per heavy atom. The fraction of sp³-hybridized carbons (Fsp3) is 0.842. The van der Waals surface area contributed by atoms with Crippen LogP contribution < -0.4 is 0 Å². The third kappa shape index (κ3) is 5.61. The predicted molar refractivity (Wildman–Crippen MR) is 90.0 cm³/mol. The number of ether oxygens (including phenoxy) is 3. The van der Waals surface area contributed by atoms with Gasteiger partial charge in [0.05, 0.1) is 25.7 Å². The zero-order chi connectivity index (χ0) is 16.5. The molecule has 0 aromatic heterocycles. The topological polar surface area (TPSA) is 44.8 Å². The number of carbonyl (C=O) groups excluding carboxylic acids is 1. The summed E-state index contributed by atoms with van der Waals surface area (Å²) in [6.45, 7) is 5.04. The van der Waals surface area contributed by atoms with Crippen LogP contribution in [-0.4, -0.2) is 31.1 Å². The van der Waals surface area contributed by atoms with Crippen LogP contribution in [0, 0.1) is 5.92 Å². The maximum atomic E-state index is 11.9. The van der Waals surface area contributed by atoms with Gasteiger partial charge in [0.2, 0.25) is 0 Å². The summed E-state index contributed by atoms with van der Waals surface area (Å²) in [6.07, 6.45) is 13.6. The second kappa shape index (κ2) is 9.43. The Hall–Kier alpha value is -0.870. The number of allylic oxidation sites excluding steroid dienone is 1. The maximum Gasteiger partial charge on any atom is 0.306 e. The zero-order valence-corrected chi connectivity index (χ0v) is 14.7. The molecule has 0 aromatic carbocycles. The second-order valence-electron chi connectivity index (χ2n) is 6.68. The summed E-state index contributed by atoms with van der Waals surface area (Å²) in [7, 11) is 0. The molecule has 2 aliphatic rings. The summed E-state index contributed by atoms with van der Waals surface area (Å²) in [6, 6.07) is 0. The molecule has 2 rings (SSSR count). The van der Waals surface area contributed by atoms with E-state index < -0.39 is 0 Å². The van der Waals surface area contributed by atoms with Crippen LogP contribution in [0.4, 0.5) is 0 Å². The molecule has 1 spiro atoms. The van der Waals surface area contributed by atoms with Gasteiger partial charge in [0.1, 0.15) is 0 Å². The van der Waals surface area contributed by atoms with Crippen LogP contribution in [0.15, 0.2) is 12.2 Å². The van der Waals surface area contributed by atoms with Gasteiger partial charge in [0, 0.05) is 18.8 Å². The van der Waals surface area contributed by atoms with E-state index in [-0.39, 0.29) is 23.8 Å². The lowest BCUT2D eigenvalue weighted by Crippen LogP contribution is -2.34. The summed E-state index contributed by atoms with van der Waals surface area (Å²) >= 11 is 0. The number of hydrogen-bond donors (Lipinski definition) is 0. The van der Waals surface area contributed by atoms with Crippen molar-refractivity contribution in [2.24, 2.45) is 5.92 Å². The van der Waals surface area contributed by atoms with Crippen LogP contribution in [0.1, 0.15) is 71.6 Å². The van der Waals surface area contributed by atoms with Gasteiger partial charge in [-0.15, -0.1) is 0 Å². The van der Waals surface area contributed by atoms with Gasteiger partial charge in [-0.2, -0.15) is 0 Å². The molecule has 0 unspecified atom stereocenters. The molecule has 2 fully saturated rings. The molecule has 1 aliphatic heterocycles. The molecular formula is C19H32O4. The van der Waals surface area contributed by atoms with Crippen molar-refractivity contribution in [2.75, 3.05) is 13.2 Å². The Bertz CT molecular complexity index is 385. The first kappa shape index (κ1) is 18.5. The van der Waals surface area contributed by atoms with E-state index >= 15 is 0 Å². The van der Waals surface area contributed by atoms with Crippen molar-refractivity contribution in [3.63, 3.8) is 0 Å². The van der Waals surface area contributed by atoms with Gasteiger partial charge in [-0.1, -0.05) is 38.3 Å². The zero-order valence-electron chi connectivity index (χ0n) is 14.7. The average Bonchev–Trinajstić information content (AvgIpc) is 2.95. The molecule has 1 aliphatic carbocycles. The van der Waals surface area contributed by atoms with Gasteiger partial charge in [-0.05, 0) is 26.2 Å². The SMILES string of the molecule is CCCC/C=C/[C@H](CC(=O)OCC)[C@H]1COC2(CCCCC2)O1. The van der Waals surface area contributed by atoms with E-state index in [0.29, 0.717) is 19.6 Å². The van der Waals surface area contributed by atoms with Crippen LogP contribution in [-0.2, 0) is 19.0 Å². The molecule has 4 nitrogen and oxygen atoms in total. The van der Waals surface area contributed by atoms with Crippen molar-refractivity contribution < 1.29 is 19.0 Å². The van der Waals surface area contributed by atoms with Crippen LogP contribution in [0.2, 0.25) is 0 Å². The molecule has 132 valence electrons. The Labute approximate surface area is 140 Å². The van der Waals surface area contributed by atoms with E-state index in [0.717, 1.165) is 19.3 Å². The van der Waals surface area contributed by atoms with E-state index in [2.05, 4.69) is 19.1 Å². The quantitative estimate of drug-likeness (QED) is 0.378. The highest BCUT2D eigenvalue weighted by molar-refractivity contribution is 5.70. The van der Waals surface area contributed by atoms with Crippen LogP contribution in [0.5, 0.6) is 0 Å². The molecular weight excluding hydrogens is 292 g/mol. The minimum atomic E-state index is -0.382. The number of carbonyl (C=O) groups is 1. The minimum absolute atomic E-state index is 0.0321. The van der Waals surface area contributed by atoms with Gasteiger partial charge in [-0.3, -0.25) is 4.79 Å². The molecule has 1 saturated heterocycles. The lowest BCUT2D eigenvalue weighted by Gasteiger charge is -2.32. The third-order valence-corrected chi connectivity index (χ3v) is 4.79. The summed E-state index contributed by atoms with van der Waals surface area (Å²) in [5.74, 6) is -0.481. The predicted octanol–water partition coefficient (Wildman–Crippen LogP) is 4.38. The smallest absolute Gasteiger partial charge is 0.306 e. The van der Waals surface area contributed by atoms with Crippen molar-refractivity contribution in [1.82, 2.24) is 0 Å². The van der Waals surface area contributed by atoms with Crippen LogP contribution in [0.25, 0.3) is 0 Å². The first-order chi connectivity index (χ1) is 11.2. The molecule has 0 aromatic rings. The molecule has 23 heavy (non-hydrogen) atoms. The highest BCUT2D eigenvalue weighted by atomic mass is 16.7. The first-order valence-corrected chi connectivity index (χ1v) is 9.33. The van der Waals surface area contributed by atoms with E-state index in [1.807, 2.05) is 6.92 Å². The van der Waals surface area contributed by atoms with Crippen LogP contribution in [0.3, 0.4) is 0 Å². The van der Waals surface area contributed by atoms with Crippen LogP contribution >= 0.6 is 0 Å². The Balaban J connectivity index is 1.95. The van der Waals surface area contributed by atoms with E-state index in [1.54, 1.807) is 0 Å². The first-order valence-electron chi connectivity index (χ1n) is 9.33. The van der Waals surface area contributed by atoms with Gasteiger partial charge in [-0.25, -0.2) is 0 Å². The molecule has 4 heteroatoms. The number of hydrogen-bond acceptors (Lipinski definition) is 4. The van der Waals surface area contributed by atoms with Crippen molar-refractivity contribution in [2.45, 2.75) is 83.5 Å². The third-order valence-electron chi connectivity index (χ3n) is 4.79. The van der Waals surface area contributed by atoms with Gasteiger partial charge in [0.15, 0.2) is 5.79 Å². The van der Waals surface area contributed by atoms with Crippen molar-refractivity contribution >= 4 is 5.97 Å². The molecule has 0 N–H and O–H groups in total. The second-order valence-corrected chi connectivity index (χ2v) is 6.68. The van der Waals surface area contributed by atoms with Gasteiger partial charge in [0.25, 0.3) is 0 Å². The number of unbranched alkanes of at least 4 members (excludes halogenated alkanes) is 2. The standard InChI is InChI=1S/C19H32O4/c1-3-5-6-8-11-16(14-18(20)21-4-2)17-15-22-19(23-17)12-9-7-10-13-19/h8,11,16-17H,3-7,9-10,12-15H2,1-2H3/b11-8+/t16-,17-/m1/s1. The fourth-order valence-electron chi connectivity index (χ4n) is 3.47. The average molecular weight is 324 g/mol. The Morgan fingerprint density at radius 3 is 2.78 bits per heavy atom. The minimum Gasteiger partial charge on any atom is -0.466 e. The highest BCUT2D eigenvalue weighted by Gasteiger charge is 2.44. The largest absolute Gasteiger partial charge is 0.466 e. The normalized spacial score (nSPS) is 25.0. The summed E-state index contributed by atoms with van der Waals surface area (Å²) in [5, 5.41) is 0. The molecule has 0 amide bonds. The van der Waals surface area contributed by atoms with E-state index in [4.69, 9.17) is 14.2 Å². The van der Waals surface area contributed by atoms with Crippen molar-refractivity contribution in [3.8, 4) is 0 Å². The lowest BCUT2D eigenvalue weighted by atomic mass is 9.94. The lowest BCUT2D eigenvalue weighted by molar-refractivity contribution is -0.191. The van der Waals surface area contributed by atoms with E-state index in [9.17, 15) is 4.79 Å². The molecule has 1 heterocycles. The number of esters is 1. The summed E-state index contributed by atoms with van der Waals surface area (Å²) in [4.78, 5) is 11.9. The monoisotopic (exact) mass is 324 g/mol. The highest BCUT2D eigenvalue weighted by Crippen LogP contribution is 2.40. The van der Waals surface area contributed by atoms with Crippen molar-refractivity contribution in [3.05, 3.63) is 12.2 Å². The molecule has 0 radical (unpaired) electrons. The molecule has 2 atom stereocenters. The van der Waals surface area contributed by atoms with Gasteiger partial charge >= 0.3 is 5.97 Å². The summed E-state index contributed by atoms with van der Waals surface area (Å²) in [5.41, 5.74) is 0. The fourth-order valence-corrected chi connectivity index (χ4v) is 3.47. The maximum absolute atomic E-state index is 11.9. The van der Waals surface area contributed by atoms with Crippen molar-refractivity contribution in [1.29, 1.82) is 0 Å².